The van der Waals surface area contributed by atoms with Crippen LogP contribution in [0.1, 0.15) is 53.0 Å². The largest absolute Gasteiger partial charge is 0.479 e. The minimum Gasteiger partial charge on any atom is -0.479 e. The minimum absolute atomic E-state index is 0.0747. The molecule has 0 bridgehead atoms. The highest BCUT2D eigenvalue weighted by Gasteiger charge is 2.34. The first-order valence-electron chi connectivity index (χ1n) is 12.2. The molecule has 1 heterocycles. The van der Waals surface area contributed by atoms with Crippen molar-refractivity contribution in [3.05, 3.63) is 29.8 Å². The van der Waals surface area contributed by atoms with Crippen molar-refractivity contribution < 1.29 is 33.7 Å². The van der Waals surface area contributed by atoms with Gasteiger partial charge >= 0.3 is 18.0 Å². The fourth-order valence-corrected chi connectivity index (χ4v) is 3.76. The van der Waals surface area contributed by atoms with Gasteiger partial charge in [0.05, 0.1) is 13.2 Å². The smallest absolute Gasteiger partial charge is 0.410 e. The summed E-state index contributed by atoms with van der Waals surface area (Å²) in [5.41, 5.74) is 1.33. The van der Waals surface area contributed by atoms with Crippen molar-refractivity contribution in [1.82, 2.24) is 4.90 Å². The van der Waals surface area contributed by atoms with Crippen molar-refractivity contribution in [3.8, 4) is 0 Å². The lowest BCUT2D eigenvalue weighted by Gasteiger charge is -2.31. The number of aryl methyl sites for hydroxylation is 1. The maximum absolute atomic E-state index is 13.0. The number of carbonyl (C=O) groups excluding carboxylic acids is 2. The van der Waals surface area contributed by atoms with Gasteiger partial charge in [0.2, 0.25) is 0 Å². The first kappa shape index (κ1) is 28.4. The second-order valence-electron chi connectivity index (χ2n) is 10.3. The van der Waals surface area contributed by atoms with E-state index in [0.29, 0.717) is 26.1 Å². The lowest BCUT2D eigenvalue weighted by molar-refractivity contribution is -0.168. The molecule has 1 aromatic rings. The summed E-state index contributed by atoms with van der Waals surface area (Å²) in [6.45, 7) is 12.1. The van der Waals surface area contributed by atoms with E-state index in [9.17, 15) is 19.5 Å². The molecule has 0 radical (unpaired) electrons. The molecular weight excluding hydrogens is 452 g/mol. The van der Waals surface area contributed by atoms with E-state index in [4.69, 9.17) is 14.2 Å². The number of benzene rings is 1. The third-order valence-electron chi connectivity index (χ3n) is 5.66. The predicted octanol–water partition coefficient (Wildman–Crippen LogP) is 3.73. The zero-order valence-corrected chi connectivity index (χ0v) is 21.8. The van der Waals surface area contributed by atoms with Crippen molar-refractivity contribution in [2.75, 3.05) is 38.3 Å². The molecule has 9 heteroatoms. The molecule has 1 aliphatic rings. The maximum atomic E-state index is 13.0. The number of ether oxygens (including phenoxy) is 3. The first-order valence-corrected chi connectivity index (χ1v) is 12.2. The Labute approximate surface area is 208 Å². The number of nitrogens with zero attached hydrogens (tertiary/aromatic N) is 2. The number of hydrogen-bond donors (Lipinski definition) is 1. The van der Waals surface area contributed by atoms with Crippen LogP contribution in [0.2, 0.25) is 0 Å². The average molecular weight is 493 g/mol. The molecule has 0 aromatic heterocycles. The summed E-state index contributed by atoms with van der Waals surface area (Å²) in [7, 11) is 1.47. The quantitative estimate of drug-likeness (QED) is 0.493. The Bertz CT molecular complexity index is 842. The number of anilines is 1. The van der Waals surface area contributed by atoms with Gasteiger partial charge in [-0.05, 0) is 63.6 Å². The van der Waals surface area contributed by atoms with E-state index in [1.54, 1.807) is 20.8 Å². The number of amides is 1. The minimum atomic E-state index is -1.32. The van der Waals surface area contributed by atoms with Crippen molar-refractivity contribution in [2.24, 2.45) is 5.92 Å². The van der Waals surface area contributed by atoms with Crippen LogP contribution < -0.4 is 4.90 Å². The van der Waals surface area contributed by atoms with Crippen molar-refractivity contribution in [1.29, 1.82) is 0 Å². The summed E-state index contributed by atoms with van der Waals surface area (Å²) in [6, 6.07) is 7.00. The highest BCUT2D eigenvalue weighted by Crippen LogP contribution is 2.20. The number of likely N-dealkylation sites (N-methyl/N-ethyl adjacent to an activating group) is 1. The van der Waals surface area contributed by atoms with E-state index < -0.39 is 35.8 Å². The highest BCUT2D eigenvalue weighted by atomic mass is 16.6. The standard InChI is InChI=1S/C26H40N2O7/c1-18(2)17-21(27(6)25(32)35-26(3,4)5)24(31)34-22(23(29)30)12-9-19-7-10-20(11-8-19)28-13-15-33-16-14-28/h7-8,10-11,18,21-22H,9,12-17H2,1-6H3,(H,29,30)/t21-,22+/m0/s1. The van der Waals surface area contributed by atoms with Crippen molar-refractivity contribution in [3.63, 3.8) is 0 Å². The molecule has 0 saturated carbocycles. The third-order valence-corrected chi connectivity index (χ3v) is 5.66. The Hall–Kier alpha value is -2.81. The predicted molar refractivity (Wildman–Crippen MR) is 133 cm³/mol. The summed E-state index contributed by atoms with van der Waals surface area (Å²) in [6.07, 6.45) is -1.09. The topological polar surface area (TPSA) is 106 Å². The van der Waals surface area contributed by atoms with E-state index in [1.165, 1.54) is 11.9 Å². The zero-order chi connectivity index (χ0) is 26.2. The van der Waals surface area contributed by atoms with Crippen LogP contribution in [-0.2, 0) is 30.2 Å². The summed E-state index contributed by atoms with van der Waals surface area (Å²) < 4.78 is 16.2. The van der Waals surface area contributed by atoms with Gasteiger partial charge in [0.1, 0.15) is 11.6 Å². The number of carboxylic acid groups (broad SMARTS) is 1. The molecule has 1 fully saturated rings. The van der Waals surface area contributed by atoms with E-state index in [2.05, 4.69) is 4.90 Å². The Morgan fingerprint density at radius 1 is 1.11 bits per heavy atom. The molecule has 2 atom stereocenters. The molecule has 0 unspecified atom stereocenters. The molecular formula is C26H40N2O7. The summed E-state index contributed by atoms with van der Waals surface area (Å²) in [5.74, 6) is -1.89. The number of rotatable bonds is 10. The van der Waals surface area contributed by atoms with E-state index in [1.807, 2.05) is 38.1 Å². The SMILES string of the molecule is CC(C)C[C@@H](C(=O)O[C@H](CCc1ccc(N2CCOCC2)cc1)C(=O)O)N(C)C(=O)OC(C)(C)C. The van der Waals surface area contributed by atoms with Crippen molar-refractivity contribution in [2.45, 2.75) is 71.6 Å². The number of carboxylic acids is 1. The van der Waals surface area contributed by atoms with Gasteiger partial charge in [-0.3, -0.25) is 4.90 Å². The second-order valence-corrected chi connectivity index (χ2v) is 10.3. The highest BCUT2D eigenvalue weighted by molar-refractivity contribution is 5.84. The molecule has 1 aliphatic heterocycles. The fourth-order valence-electron chi connectivity index (χ4n) is 3.76. The zero-order valence-electron chi connectivity index (χ0n) is 21.8. The normalized spacial score (nSPS) is 15.9. The lowest BCUT2D eigenvalue weighted by Crippen LogP contribution is -2.47. The van der Waals surface area contributed by atoms with Crippen LogP contribution in [0.15, 0.2) is 24.3 Å². The summed E-state index contributed by atoms with van der Waals surface area (Å²) in [5, 5.41) is 9.68. The number of hydrogen-bond acceptors (Lipinski definition) is 7. The van der Waals surface area contributed by atoms with E-state index in [-0.39, 0.29) is 12.3 Å². The van der Waals surface area contributed by atoms with Crippen LogP contribution >= 0.6 is 0 Å². The molecule has 1 saturated heterocycles. The molecule has 0 aliphatic carbocycles. The van der Waals surface area contributed by atoms with E-state index in [0.717, 1.165) is 24.3 Å². The number of morpholine rings is 1. The van der Waals surface area contributed by atoms with Crippen LogP contribution in [0.4, 0.5) is 10.5 Å². The van der Waals surface area contributed by atoms with Gasteiger partial charge in [0, 0.05) is 25.8 Å². The average Bonchev–Trinajstić information content (AvgIpc) is 2.79. The Morgan fingerprint density at radius 3 is 2.23 bits per heavy atom. The maximum Gasteiger partial charge on any atom is 0.410 e. The first-order chi connectivity index (χ1) is 16.4. The number of carbonyl (C=O) groups is 3. The second kappa shape index (κ2) is 12.8. The van der Waals surface area contributed by atoms with Crippen LogP contribution in [0, 0.1) is 5.92 Å². The molecule has 1 N–H and O–H groups in total. The van der Waals surface area contributed by atoms with Gasteiger partial charge in [-0.2, -0.15) is 0 Å². The Balaban J connectivity index is 2.02. The van der Waals surface area contributed by atoms with Gasteiger partial charge in [0.15, 0.2) is 6.10 Å². The summed E-state index contributed by atoms with van der Waals surface area (Å²) in [4.78, 5) is 40.8. The van der Waals surface area contributed by atoms with Gasteiger partial charge in [-0.1, -0.05) is 26.0 Å². The molecule has 35 heavy (non-hydrogen) atoms. The van der Waals surface area contributed by atoms with Gasteiger partial charge in [-0.25, -0.2) is 14.4 Å². The Morgan fingerprint density at radius 2 is 1.71 bits per heavy atom. The van der Waals surface area contributed by atoms with Crippen LogP contribution in [0.25, 0.3) is 0 Å². The third kappa shape index (κ3) is 9.39. The van der Waals surface area contributed by atoms with Gasteiger partial charge in [0.25, 0.3) is 0 Å². The number of aliphatic carboxylic acids is 1. The molecule has 196 valence electrons. The van der Waals surface area contributed by atoms with Crippen LogP contribution in [0.3, 0.4) is 0 Å². The molecule has 1 amide bonds. The van der Waals surface area contributed by atoms with Crippen molar-refractivity contribution >= 4 is 23.7 Å². The monoisotopic (exact) mass is 492 g/mol. The Kier molecular flexibility index (Phi) is 10.4. The van der Waals surface area contributed by atoms with Gasteiger partial charge in [-0.15, -0.1) is 0 Å². The van der Waals surface area contributed by atoms with Crippen LogP contribution in [-0.4, -0.2) is 79.1 Å². The molecule has 2 rings (SSSR count). The number of esters is 1. The lowest BCUT2D eigenvalue weighted by atomic mass is 10.0. The fraction of sp³-hybridized carbons (Fsp3) is 0.654. The molecule has 0 spiro atoms. The van der Waals surface area contributed by atoms with Crippen LogP contribution in [0.5, 0.6) is 0 Å². The molecule has 9 nitrogen and oxygen atoms in total. The van der Waals surface area contributed by atoms with Gasteiger partial charge < -0.3 is 24.2 Å². The van der Waals surface area contributed by atoms with E-state index >= 15 is 0 Å². The summed E-state index contributed by atoms with van der Waals surface area (Å²) >= 11 is 0. The molecule has 1 aromatic carbocycles.